The number of carbonyl (C=O) groups is 1. The minimum atomic E-state index is -0.532. The third-order valence-electron chi connectivity index (χ3n) is 4.97. The van der Waals surface area contributed by atoms with Crippen molar-refractivity contribution in [1.82, 2.24) is 9.88 Å². The standard InChI is InChI=1S/C19H21Cl2N3O.CH2O2/c1-19(25)11-23(12-19)10-15-6-5-13(7-22-15)14-8-24(9-14)18-16(20)3-2-4-17(18)21;2-1-3/h2-7,14,25H,8-12H2,1H3;1H,(H,2,3). The number of hydrogen-bond acceptors (Lipinski definition) is 5. The molecule has 0 saturated carbocycles. The van der Waals surface area contributed by atoms with Crippen LogP contribution in [0.25, 0.3) is 0 Å². The van der Waals surface area contributed by atoms with Crippen LogP contribution >= 0.6 is 23.2 Å². The molecular formula is C20H23Cl2N3O3. The normalized spacial score (nSPS) is 18.5. The van der Waals surface area contributed by atoms with E-state index in [9.17, 15) is 5.11 Å². The smallest absolute Gasteiger partial charge is 0.290 e. The molecule has 0 bridgehead atoms. The average Bonchev–Trinajstić information content (AvgIpc) is 2.56. The number of benzene rings is 1. The Hall–Kier alpha value is -1.86. The molecule has 150 valence electrons. The maximum Gasteiger partial charge on any atom is 0.290 e. The summed E-state index contributed by atoms with van der Waals surface area (Å²) in [6.07, 6.45) is 1.98. The predicted octanol–water partition coefficient (Wildman–Crippen LogP) is 3.26. The molecule has 2 aliphatic heterocycles. The van der Waals surface area contributed by atoms with Crippen molar-refractivity contribution in [1.29, 1.82) is 0 Å². The Kier molecular flexibility index (Phi) is 6.45. The third kappa shape index (κ3) is 4.75. The zero-order valence-electron chi connectivity index (χ0n) is 15.6. The molecule has 2 fully saturated rings. The molecule has 6 nitrogen and oxygen atoms in total. The van der Waals surface area contributed by atoms with Crippen molar-refractivity contribution in [2.45, 2.75) is 25.0 Å². The lowest BCUT2D eigenvalue weighted by atomic mass is 9.91. The highest BCUT2D eigenvalue weighted by Crippen LogP contribution is 2.39. The summed E-state index contributed by atoms with van der Waals surface area (Å²) < 4.78 is 0. The largest absolute Gasteiger partial charge is 0.483 e. The van der Waals surface area contributed by atoms with Gasteiger partial charge in [0.1, 0.15) is 0 Å². The van der Waals surface area contributed by atoms with Gasteiger partial charge in [-0.05, 0) is 30.7 Å². The molecule has 0 amide bonds. The fourth-order valence-electron chi connectivity index (χ4n) is 3.69. The van der Waals surface area contributed by atoms with E-state index in [1.165, 1.54) is 5.56 Å². The number of para-hydroxylation sites is 1. The number of halogens is 2. The quantitative estimate of drug-likeness (QED) is 0.734. The fraction of sp³-hybridized carbons (Fsp3) is 0.400. The van der Waals surface area contributed by atoms with E-state index in [0.717, 1.165) is 31.0 Å². The van der Waals surface area contributed by atoms with Crippen molar-refractivity contribution in [3.05, 3.63) is 57.8 Å². The van der Waals surface area contributed by atoms with Crippen molar-refractivity contribution in [3.63, 3.8) is 0 Å². The highest BCUT2D eigenvalue weighted by Gasteiger charge is 2.36. The number of β-amino-alcohol motifs (C(OH)–C–C–N with tert-alkyl or cyclic N) is 1. The molecule has 0 spiro atoms. The molecule has 0 radical (unpaired) electrons. The maximum atomic E-state index is 9.79. The van der Waals surface area contributed by atoms with Gasteiger partial charge in [0.05, 0.1) is 27.0 Å². The molecule has 1 aromatic carbocycles. The van der Waals surface area contributed by atoms with Gasteiger partial charge in [0.2, 0.25) is 0 Å². The topological polar surface area (TPSA) is 76.9 Å². The van der Waals surface area contributed by atoms with Crippen LogP contribution in [-0.2, 0) is 11.3 Å². The number of rotatable bonds is 4. The van der Waals surface area contributed by atoms with Gasteiger partial charge in [-0.3, -0.25) is 14.7 Å². The molecule has 2 saturated heterocycles. The van der Waals surface area contributed by atoms with E-state index in [1.807, 2.05) is 31.3 Å². The Balaban J connectivity index is 0.000000706. The first-order valence-corrected chi connectivity index (χ1v) is 9.75. The summed E-state index contributed by atoms with van der Waals surface area (Å²) in [5.41, 5.74) is 2.69. The summed E-state index contributed by atoms with van der Waals surface area (Å²) in [5, 5.41) is 18.1. The van der Waals surface area contributed by atoms with Crippen LogP contribution in [-0.4, -0.2) is 58.3 Å². The van der Waals surface area contributed by atoms with Crippen LogP contribution in [0.5, 0.6) is 0 Å². The molecule has 1 aromatic heterocycles. The van der Waals surface area contributed by atoms with Gasteiger partial charge >= 0.3 is 0 Å². The number of pyridine rings is 1. The number of anilines is 1. The Morgan fingerprint density at radius 2 is 1.82 bits per heavy atom. The minimum Gasteiger partial charge on any atom is -0.483 e. The first-order chi connectivity index (χ1) is 13.3. The summed E-state index contributed by atoms with van der Waals surface area (Å²) in [4.78, 5) is 17.4. The van der Waals surface area contributed by atoms with Crippen molar-refractivity contribution in [2.75, 3.05) is 31.1 Å². The van der Waals surface area contributed by atoms with Crippen molar-refractivity contribution in [2.24, 2.45) is 0 Å². The first kappa shape index (κ1) is 20.9. The van der Waals surface area contributed by atoms with Gasteiger partial charge in [-0.25, -0.2) is 0 Å². The summed E-state index contributed by atoms with van der Waals surface area (Å²) in [6.45, 7) is 5.65. The van der Waals surface area contributed by atoms with Crippen LogP contribution in [0.1, 0.15) is 24.1 Å². The van der Waals surface area contributed by atoms with Gasteiger partial charge in [-0.2, -0.15) is 0 Å². The maximum absolute atomic E-state index is 9.79. The molecule has 0 unspecified atom stereocenters. The minimum absolute atomic E-state index is 0.250. The Labute approximate surface area is 174 Å². The molecule has 2 aromatic rings. The summed E-state index contributed by atoms with van der Waals surface area (Å²) in [7, 11) is 0. The van der Waals surface area contributed by atoms with Gasteiger partial charge in [-0.1, -0.05) is 35.3 Å². The molecule has 2 N–H and O–H groups in total. The molecule has 4 rings (SSSR count). The summed E-state index contributed by atoms with van der Waals surface area (Å²) >= 11 is 12.6. The monoisotopic (exact) mass is 423 g/mol. The van der Waals surface area contributed by atoms with Gasteiger partial charge in [0.15, 0.2) is 0 Å². The number of nitrogens with zero attached hydrogens (tertiary/aromatic N) is 3. The van der Waals surface area contributed by atoms with Crippen LogP contribution in [0.4, 0.5) is 5.69 Å². The Morgan fingerprint density at radius 3 is 2.32 bits per heavy atom. The molecule has 0 aliphatic carbocycles. The van der Waals surface area contributed by atoms with Gasteiger partial charge in [0, 0.05) is 44.8 Å². The van der Waals surface area contributed by atoms with E-state index in [4.69, 9.17) is 33.1 Å². The average molecular weight is 424 g/mol. The number of likely N-dealkylation sites (tertiary alicyclic amines) is 1. The highest BCUT2D eigenvalue weighted by molar-refractivity contribution is 6.39. The number of hydrogen-bond donors (Lipinski definition) is 2. The van der Waals surface area contributed by atoms with E-state index < -0.39 is 5.60 Å². The molecule has 0 atom stereocenters. The van der Waals surface area contributed by atoms with Crippen LogP contribution in [0, 0.1) is 0 Å². The number of carboxylic acid groups (broad SMARTS) is 1. The van der Waals surface area contributed by atoms with Crippen LogP contribution < -0.4 is 4.90 Å². The van der Waals surface area contributed by atoms with Gasteiger partial charge in [-0.15, -0.1) is 0 Å². The second-order valence-electron chi connectivity index (χ2n) is 7.50. The number of aromatic nitrogens is 1. The van der Waals surface area contributed by atoms with E-state index in [1.54, 1.807) is 0 Å². The second kappa shape index (κ2) is 8.66. The van der Waals surface area contributed by atoms with Crippen molar-refractivity contribution >= 4 is 35.4 Å². The Bertz CT molecular complexity index is 796. The molecule has 28 heavy (non-hydrogen) atoms. The number of aliphatic hydroxyl groups is 1. The predicted molar refractivity (Wildman–Crippen MR) is 110 cm³/mol. The molecular weight excluding hydrogens is 401 g/mol. The second-order valence-corrected chi connectivity index (χ2v) is 8.32. The third-order valence-corrected chi connectivity index (χ3v) is 5.58. The lowest BCUT2D eigenvalue weighted by Gasteiger charge is -2.44. The van der Waals surface area contributed by atoms with Crippen LogP contribution in [0.3, 0.4) is 0 Å². The van der Waals surface area contributed by atoms with Crippen molar-refractivity contribution in [3.8, 4) is 0 Å². The lowest BCUT2D eigenvalue weighted by molar-refractivity contribution is -0.122. The van der Waals surface area contributed by atoms with E-state index >= 15 is 0 Å². The SMILES string of the molecule is CC1(O)CN(Cc2ccc(C3CN(c4c(Cl)cccc4Cl)C3)cn2)C1.O=CO. The van der Waals surface area contributed by atoms with E-state index in [0.29, 0.717) is 29.1 Å². The summed E-state index contributed by atoms with van der Waals surface area (Å²) in [5.74, 6) is 0.457. The molecule has 8 heteroatoms. The van der Waals surface area contributed by atoms with Gasteiger partial charge in [0.25, 0.3) is 6.47 Å². The van der Waals surface area contributed by atoms with Crippen LogP contribution in [0.15, 0.2) is 36.5 Å². The van der Waals surface area contributed by atoms with Gasteiger partial charge < -0.3 is 15.1 Å². The first-order valence-electron chi connectivity index (χ1n) is 8.99. The lowest BCUT2D eigenvalue weighted by Crippen LogP contribution is -2.59. The van der Waals surface area contributed by atoms with Crippen molar-refractivity contribution < 1.29 is 15.0 Å². The highest BCUT2D eigenvalue weighted by atomic mass is 35.5. The molecule has 2 aliphatic rings. The summed E-state index contributed by atoms with van der Waals surface area (Å²) in [6, 6.07) is 9.87. The zero-order valence-corrected chi connectivity index (χ0v) is 17.1. The van der Waals surface area contributed by atoms with E-state index in [-0.39, 0.29) is 6.47 Å². The van der Waals surface area contributed by atoms with E-state index in [2.05, 4.69) is 26.9 Å². The Morgan fingerprint density at radius 1 is 1.21 bits per heavy atom. The van der Waals surface area contributed by atoms with Crippen LogP contribution in [0.2, 0.25) is 10.0 Å². The fourth-order valence-corrected chi connectivity index (χ4v) is 4.33. The molecule has 3 heterocycles. The zero-order chi connectivity index (χ0) is 20.3.